The molecule has 0 saturated heterocycles. The third-order valence-corrected chi connectivity index (χ3v) is 5.39. The van der Waals surface area contributed by atoms with Crippen LogP contribution < -0.4 is 0 Å². The summed E-state index contributed by atoms with van der Waals surface area (Å²) < 4.78 is 36.0. The van der Waals surface area contributed by atoms with Gasteiger partial charge in [-0.3, -0.25) is 9.59 Å². The molecule has 0 bridgehead atoms. The normalized spacial score (nSPS) is 13.4. The summed E-state index contributed by atoms with van der Waals surface area (Å²) >= 11 is 0. The zero-order valence-electron chi connectivity index (χ0n) is 15.2. The van der Waals surface area contributed by atoms with Crippen molar-refractivity contribution in [3.05, 3.63) is 71.8 Å². The second-order valence-electron chi connectivity index (χ2n) is 6.09. The molecule has 2 rings (SSSR count). The van der Waals surface area contributed by atoms with Crippen LogP contribution >= 0.6 is 0 Å². The van der Waals surface area contributed by atoms with Crippen molar-refractivity contribution in [1.29, 1.82) is 0 Å². The smallest absolute Gasteiger partial charge is 0.303 e. The molecule has 2 aromatic carbocycles. The van der Waals surface area contributed by atoms with Gasteiger partial charge in [-0.1, -0.05) is 60.7 Å². The molecular weight excluding hydrogens is 368 g/mol. The topological polar surface area (TPSA) is 86.7 Å². The molecule has 0 aliphatic carbocycles. The van der Waals surface area contributed by atoms with Gasteiger partial charge in [0.25, 0.3) is 0 Å². The Labute approximate surface area is 159 Å². The van der Waals surface area contributed by atoms with Crippen molar-refractivity contribution in [3.8, 4) is 0 Å². The van der Waals surface area contributed by atoms with Gasteiger partial charge in [0.2, 0.25) is 0 Å². The third-order valence-electron chi connectivity index (χ3n) is 3.77. The van der Waals surface area contributed by atoms with E-state index in [9.17, 15) is 18.0 Å². The Kier molecular flexibility index (Phi) is 7.12. The largest absolute Gasteiger partial charge is 0.457 e. The Bertz CT molecular complexity index is 794. The van der Waals surface area contributed by atoms with Crippen LogP contribution in [0.3, 0.4) is 0 Å². The van der Waals surface area contributed by atoms with Gasteiger partial charge in [-0.15, -0.1) is 0 Å². The van der Waals surface area contributed by atoms with Crippen molar-refractivity contribution < 1.29 is 27.5 Å². The van der Waals surface area contributed by atoms with Gasteiger partial charge in [0.15, 0.2) is 9.84 Å². The molecule has 0 aromatic heterocycles. The van der Waals surface area contributed by atoms with E-state index >= 15 is 0 Å². The summed E-state index contributed by atoms with van der Waals surface area (Å²) in [6, 6.07) is 17.3. The van der Waals surface area contributed by atoms with E-state index in [1.807, 2.05) is 0 Å². The minimum absolute atomic E-state index is 0.402. The summed E-state index contributed by atoms with van der Waals surface area (Å²) in [4.78, 5) is 22.8. The van der Waals surface area contributed by atoms with E-state index in [-0.39, 0.29) is 0 Å². The molecule has 0 aliphatic rings. The summed E-state index contributed by atoms with van der Waals surface area (Å²) in [5, 5.41) is 0. The summed E-state index contributed by atoms with van der Waals surface area (Å²) in [5.41, 5.74) is 1.17. The zero-order chi connectivity index (χ0) is 19.9. The second-order valence-corrected chi connectivity index (χ2v) is 8.25. The quantitative estimate of drug-likeness (QED) is 0.644. The molecule has 2 aromatic rings. The van der Waals surface area contributed by atoms with Crippen LogP contribution in [0.5, 0.6) is 0 Å². The molecule has 2 atom stereocenters. The Balaban J connectivity index is 2.23. The molecule has 0 aliphatic heterocycles. The van der Waals surface area contributed by atoms with Crippen LogP contribution in [0.25, 0.3) is 0 Å². The van der Waals surface area contributed by atoms with Crippen molar-refractivity contribution in [2.45, 2.75) is 26.1 Å². The number of ether oxygens (including phenoxy) is 2. The number of rotatable bonds is 8. The van der Waals surface area contributed by atoms with Crippen LogP contribution in [0.1, 0.15) is 37.2 Å². The summed E-state index contributed by atoms with van der Waals surface area (Å²) in [5.74, 6) is -1.94. The highest BCUT2D eigenvalue weighted by Gasteiger charge is 2.28. The standard InChI is InChI=1S/C20H22O6S/c1-15(21)25-19(17-9-5-3-6-10-17)13-27(23,24)14-20(26-16(2)22)18-11-7-4-8-12-18/h3-12,19-20H,13-14H2,1-2H3. The molecule has 0 saturated carbocycles. The van der Waals surface area contributed by atoms with Crippen molar-refractivity contribution in [2.24, 2.45) is 0 Å². The molecule has 144 valence electrons. The highest BCUT2D eigenvalue weighted by molar-refractivity contribution is 7.91. The van der Waals surface area contributed by atoms with E-state index in [0.29, 0.717) is 11.1 Å². The lowest BCUT2D eigenvalue weighted by Crippen LogP contribution is -2.26. The summed E-state index contributed by atoms with van der Waals surface area (Å²) in [7, 11) is -3.72. The van der Waals surface area contributed by atoms with Gasteiger partial charge in [-0.05, 0) is 11.1 Å². The molecule has 0 N–H and O–H groups in total. The number of hydrogen-bond acceptors (Lipinski definition) is 6. The lowest BCUT2D eigenvalue weighted by Gasteiger charge is -2.21. The van der Waals surface area contributed by atoms with Crippen LogP contribution in [-0.4, -0.2) is 31.9 Å². The fraction of sp³-hybridized carbons (Fsp3) is 0.300. The van der Waals surface area contributed by atoms with Gasteiger partial charge in [-0.25, -0.2) is 8.42 Å². The molecule has 0 fully saturated rings. The van der Waals surface area contributed by atoms with E-state index in [1.165, 1.54) is 13.8 Å². The van der Waals surface area contributed by atoms with E-state index in [2.05, 4.69) is 0 Å². The highest BCUT2D eigenvalue weighted by atomic mass is 32.2. The van der Waals surface area contributed by atoms with Gasteiger partial charge >= 0.3 is 11.9 Å². The highest BCUT2D eigenvalue weighted by Crippen LogP contribution is 2.24. The minimum Gasteiger partial charge on any atom is -0.457 e. The first-order valence-electron chi connectivity index (χ1n) is 8.41. The monoisotopic (exact) mass is 390 g/mol. The Morgan fingerprint density at radius 1 is 0.741 bits per heavy atom. The Hall–Kier alpha value is -2.67. The molecule has 6 nitrogen and oxygen atoms in total. The van der Waals surface area contributed by atoms with Gasteiger partial charge in [0.05, 0.1) is 11.5 Å². The Morgan fingerprint density at radius 3 is 1.37 bits per heavy atom. The molecule has 0 amide bonds. The zero-order valence-corrected chi connectivity index (χ0v) is 16.0. The average molecular weight is 390 g/mol. The second kappa shape index (κ2) is 9.32. The van der Waals surface area contributed by atoms with Crippen LogP contribution in [-0.2, 0) is 28.9 Å². The van der Waals surface area contributed by atoms with Crippen LogP contribution in [0.15, 0.2) is 60.7 Å². The first kappa shape index (κ1) is 20.6. The van der Waals surface area contributed by atoms with Crippen molar-refractivity contribution in [1.82, 2.24) is 0 Å². The average Bonchev–Trinajstić information content (AvgIpc) is 2.61. The summed E-state index contributed by atoms with van der Waals surface area (Å²) in [6.07, 6.45) is -1.86. The minimum atomic E-state index is -3.72. The molecule has 0 radical (unpaired) electrons. The fourth-order valence-electron chi connectivity index (χ4n) is 2.66. The van der Waals surface area contributed by atoms with Crippen molar-refractivity contribution in [2.75, 3.05) is 11.5 Å². The number of sulfone groups is 1. The van der Waals surface area contributed by atoms with E-state index in [4.69, 9.17) is 9.47 Å². The first-order chi connectivity index (χ1) is 12.8. The number of benzene rings is 2. The van der Waals surface area contributed by atoms with Crippen molar-refractivity contribution >= 4 is 21.8 Å². The summed E-state index contributed by atoms with van der Waals surface area (Å²) in [6.45, 7) is 2.46. The molecule has 0 heterocycles. The molecule has 7 heteroatoms. The maximum atomic E-state index is 12.8. The van der Waals surface area contributed by atoms with Gasteiger partial charge in [0.1, 0.15) is 12.2 Å². The third kappa shape index (κ3) is 6.86. The maximum absolute atomic E-state index is 12.8. The fourth-order valence-corrected chi connectivity index (χ4v) is 4.24. The SMILES string of the molecule is CC(=O)OC(CS(=O)(=O)CC(OC(C)=O)c1ccccc1)c1ccccc1. The van der Waals surface area contributed by atoms with E-state index in [1.54, 1.807) is 60.7 Å². The van der Waals surface area contributed by atoms with Crippen molar-refractivity contribution in [3.63, 3.8) is 0 Å². The van der Waals surface area contributed by atoms with Crippen LogP contribution in [0.4, 0.5) is 0 Å². The molecular formula is C20H22O6S. The molecule has 0 spiro atoms. The number of esters is 2. The maximum Gasteiger partial charge on any atom is 0.303 e. The predicted octanol–water partition coefficient (Wildman–Crippen LogP) is 3.01. The van der Waals surface area contributed by atoms with Gasteiger partial charge in [0, 0.05) is 13.8 Å². The lowest BCUT2D eigenvalue weighted by molar-refractivity contribution is -0.146. The van der Waals surface area contributed by atoms with Crippen LogP contribution in [0, 0.1) is 0 Å². The van der Waals surface area contributed by atoms with E-state index in [0.717, 1.165) is 0 Å². The number of hydrogen-bond donors (Lipinski definition) is 0. The number of carbonyl (C=O) groups excluding carboxylic acids is 2. The van der Waals surface area contributed by atoms with Gasteiger partial charge < -0.3 is 9.47 Å². The van der Waals surface area contributed by atoms with Crippen LogP contribution in [0.2, 0.25) is 0 Å². The first-order valence-corrected chi connectivity index (χ1v) is 10.2. The predicted molar refractivity (Wildman–Crippen MR) is 101 cm³/mol. The molecule has 2 unspecified atom stereocenters. The Morgan fingerprint density at radius 2 is 1.07 bits per heavy atom. The van der Waals surface area contributed by atoms with Gasteiger partial charge in [-0.2, -0.15) is 0 Å². The lowest BCUT2D eigenvalue weighted by atomic mass is 10.1. The van der Waals surface area contributed by atoms with E-state index < -0.39 is 45.5 Å². The number of carbonyl (C=O) groups is 2. The molecule has 27 heavy (non-hydrogen) atoms.